The summed E-state index contributed by atoms with van der Waals surface area (Å²) in [6.07, 6.45) is 1.91. The summed E-state index contributed by atoms with van der Waals surface area (Å²) in [5.74, 6) is 2.73. The Bertz CT molecular complexity index is 2740. The maximum absolute atomic E-state index is 6.91. The third-order valence-electron chi connectivity index (χ3n) is 11.0. The van der Waals surface area contributed by atoms with Crippen LogP contribution in [-0.2, 0) is 26.5 Å². The number of nitrogens with zero attached hydrogens (tertiary/aromatic N) is 4. The first-order valence-corrected chi connectivity index (χ1v) is 19.9. The van der Waals surface area contributed by atoms with Crippen molar-refractivity contribution in [3.8, 4) is 28.4 Å². The van der Waals surface area contributed by atoms with Crippen molar-refractivity contribution >= 4 is 44.6 Å². The van der Waals surface area contributed by atoms with Gasteiger partial charge >= 0.3 is 0 Å². The minimum atomic E-state index is -0.0258. The van der Waals surface area contributed by atoms with Crippen LogP contribution in [0.2, 0.25) is 0 Å². The average Bonchev–Trinajstić information content (AvgIpc) is 3.77. The van der Waals surface area contributed by atoms with Crippen LogP contribution in [0.4, 0.5) is 22.7 Å². The van der Waals surface area contributed by atoms with E-state index >= 15 is 0 Å². The third kappa shape index (κ3) is 7.11. The second-order valence-electron chi connectivity index (χ2n) is 16.6. The molecule has 0 N–H and O–H groups in total. The number of pyridine rings is 1. The molecule has 6 heteroatoms. The fourth-order valence-electron chi connectivity index (χ4n) is 8.14. The van der Waals surface area contributed by atoms with Crippen LogP contribution in [0.3, 0.4) is 0 Å². The molecule has 8 aromatic rings. The minimum absolute atomic E-state index is 0. The molecule has 0 atom stereocenters. The molecular weight excluding hydrogens is 892 g/mol. The summed E-state index contributed by atoms with van der Waals surface area (Å²) in [6, 6.07) is 54.5. The molecule has 5 nitrogen and oxygen atoms in total. The molecule has 0 unspecified atom stereocenters. The first-order valence-electron chi connectivity index (χ1n) is 19.9. The molecule has 58 heavy (non-hydrogen) atoms. The summed E-state index contributed by atoms with van der Waals surface area (Å²) in [6.45, 7) is 17.9. The van der Waals surface area contributed by atoms with Gasteiger partial charge in [0.15, 0.2) is 0 Å². The van der Waals surface area contributed by atoms with Crippen molar-refractivity contribution in [3.05, 3.63) is 175 Å². The van der Waals surface area contributed by atoms with Gasteiger partial charge in [-0.25, -0.2) is 4.98 Å². The van der Waals surface area contributed by atoms with Crippen LogP contribution >= 0.6 is 0 Å². The van der Waals surface area contributed by atoms with Gasteiger partial charge in [0.1, 0.15) is 5.82 Å². The van der Waals surface area contributed by atoms with Gasteiger partial charge < -0.3 is 19.1 Å². The van der Waals surface area contributed by atoms with Crippen LogP contribution in [0, 0.1) is 18.8 Å². The largest absolute Gasteiger partial charge is 0.509 e. The summed E-state index contributed by atoms with van der Waals surface area (Å²) >= 11 is 0. The maximum atomic E-state index is 6.91. The second kappa shape index (κ2) is 15.6. The Balaban J connectivity index is 0.00000469. The van der Waals surface area contributed by atoms with Gasteiger partial charge in [0.25, 0.3) is 0 Å². The van der Waals surface area contributed by atoms with E-state index in [4.69, 9.17) is 9.72 Å². The molecule has 1 aliphatic rings. The maximum Gasteiger partial charge on any atom is 0.135 e. The van der Waals surface area contributed by atoms with Gasteiger partial charge in [0.2, 0.25) is 0 Å². The van der Waals surface area contributed by atoms with Gasteiger partial charge in [-0.1, -0.05) is 121 Å². The molecule has 1 aliphatic heterocycles. The fraction of sp³-hybridized carbons (Fsp3) is 0.192. The quantitative estimate of drug-likeness (QED) is 0.142. The fourth-order valence-corrected chi connectivity index (χ4v) is 8.14. The molecule has 0 saturated carbocycles. The first-order chi connectivity index (χ1) is 27.5. The van der Waals surface area contributed by atoms with Gasteiger partial charge in [-0.05, 0) is 87.4 Å². The SMILES string of the molecule is CC(C)c1cccc(C(C)C)c1-c1cc(Oc2[c-]c3c(cc2)c2ccccc2n3-c2cc(C(C)(C)C)ccn2)[c-]c(N2[CH-]N(c3ccccc3)c3ccccc32)c1.[Pt]. The predicted octanol–water partition coefficient (Wildman–Crippen LogP) is 14.2. The summed E-state index contributed by atoms with van der Waals surface area (Å²) < 4.78 is 9.12. The number of fused-ring (bicyclic) bond motifs is 4. The van der Waals surface area contributed by atoms with Crippen molar-refractivity contribution in [2.75, 3.05) is 9.80 Å². The minimum Gasteiger partial charge on any atom is -0.509 e. The number of para-hydroxylation sites is 4. The van der Waals surface area contributed by atoms with E-state index < -0.39 is 0 Å². The van der Waals surface area contributed by atoms with Crippen LogP contribution in [-0.4, -0.2) is 9.55 Å². The Morgan fingerprint density at radius 3 is 2.02 bits per heavy atom. The van der Waals surface area contributed by atoms with Crippen molar-refractivity contribution in [1.82, 2.24) is 9.55 Å². The van der Waals surface area contributed by atoms with Crippen LogP contribution in [0.1, 0.15) is 77.0 Å². The first kappa shape index (κ1) is 39.2. The van der Waals surface area contributed by atoms with E-state index in [0.29, 0.717) is 23.3 Å². The Labute approximate surface area is 357 Å². The molecule has 0 bridgehead atoms. The average molecular weight is 939 g/mol. The number of rotatable bonds is 8. The Kier molecular flexibility index (Phi) is 10.5. The van der Waals surface area contributed by atoms with Gasteiger partial charge in [-0.15, -0.1) is 53.6 Å². The van der Waals surface area contributed by atoms with E-state index in [1.165, 1.54) is 22.3 Å². The molecule has 0 radical (unpaired) electrons. The molecule has 3 heterocycles. The summed E-state index contributed by atoms with van der Waals surface area (Å²) in [7, 11) is 0. The standard InChI is InChI=1S/C52H47N4O.Pt/c1-34(2)42-19-15-20-43(35(3)4)51(42)36-28-39(55-33-54(38-16-9-8-10-17-38)47-22-13-14-23-48(47)55)31-41(29-36)57-40-24-25-45-44-18-11-12-21-46(44)56(49(45)32-40)50-30-37(26-27-53-50)52(5,6)7;/h8-30,33-35H,1-7H3;/q-3;. The zero-order valence-electron chi connectivity index (χ0n) is 34.0. The van der Waals surface area contributed by atoms with E-state index in [-0.39, 0.29) is 26.5 Å². The van der Waals surface area contributed by atoms with E-state index in [1.54, 1.807) is 0 Å². The second-order valence-corrected chi connectivity index (χ2v) is 16.6. The normalized spacial score (nSPS) is 12.8. The number of benzene rings is 6. The smallest absolute Gasteiger partial charge is 0.135 e. The topological polar surface area (TPSA) is 33.5 Å². The number of ether oxygens (including phenoxy) is 1. The Morgan fingerprint density at radius 1 is 0.638 bits per heavy atom. The molecular formula is C52H47N4OPt-3. The van der Waals surface area contributed by atoms with Crippen molar-refractivity contribution in [2.24, 2.45) is 0 Å². The Morgan fingerprint density at radius 2 is 1.31 bits per heavy atom. The molecule has 9 rings (SSSR count). The molecule has 2 aromatic heterocycles. The van der Waals surface area contributed by atoms with E-state index in [2.05, 4.69) is 209 Å². The number of hydrogen-bond acceptors (Lipinski definition) is 4. The zero-order chi connectivity index (χ0) is 39.4. The Hall–Kier alpha value is -5.64. The van der Waals surface area contributed by atoms with Gasteiger partial charge in [0.05, 0.1) is 0 Å². The van der Waals surface area contributed by atoms with Crippen LogP contribution in [0.15, 0.2) is 140 Å². The summed E-state index contributed by atoms with van der Waals surface area (Å²) in [5, 5.41) is 2.24. The third-order valence-corrected chi connectivity index (χ3v) is 11.0. The van der Waals surface area contributed by atoms with Gasteiger partial charge in [-0.3, -0.25) is 0 Å². The molecule has 0 aliphatic carbocycles. The molecule has 294 valence electrons. The van der Waals surface area contributed by atoms with Crippen molar-refractivity contribution in [2.45, 2.75) is 65.7 Å². The van der Waals surface area contributed by atoms with Crippen LogP contribution in [0.25, 0.3) is 38.8 Å². The molecule has 0 fully saturated rings. The number of hydrogen-bond donors (Lipinski definition) is 0. The molecule has 0 saturated heterocycles. The van der Waals surface area contributed by atoms with Crippen molar-refractivity contribution < 1.29 is 25.8 Å². The van der Waals surface area contributed by atoms with E-state index in [9.17, 15) is 0 Å². The van der Waals surface area contributed by atoms with Crippen LogP contribution in [0.5, 0.6) is 11.5 Å². The molecule has 6 aromatic carbocycles. The van der Waals surface area contributed by atoms with E-state index in [0.717, 1.165) is 55.9 Å². The molecule has 0 spiro atoms. The summed E-state index contributed by atoms with van der Waals surface area (Å²) in [5.41, 5.74) is 12.3. The monoisotopic (exact) mass is 938 g/mol. The zero-order valence-corrected chi connectivity index (χ0v) is 36.3. The summed E-state index contributed by atoms with van der Waals surface area (Å²) in [4.78, 5) is 9.35. The number of anilines is 4. The van der Waals surface area contributed by atoms with Crippen LogP contribution < -0.4 is 14.5 Å². The van der Waals surface area contributed by atoms with Crippen molar-refractivity contribution in [1.29, 1.82) is 0 Å². The van der Waals surface area contributed by atoms with Gasteiger partial charge in [-0.2, -0.15) is 6.07 Å². The predicted molar refractivity (Wildman–Crippen MR) is 237 cm³/mol. The number of aromatic nitrogens is 2. The van der Waals surface area contributed by atoms with Gasteiger partial charge in [0, 0.05) is 61.3 Å². The van der Waals surface area contributed by atoms with E-state index in [1.807, 2.05) is 12.3 Å². The van der Waals surface area contributed by atoms with Crippen molar-refractivity contribution in [3.63, 3.8) is 0 Å². The molecule has 0 amide bonds.